The number of halogens is 1. The van der Waals surface area contributed by atoms with Crippen LogP contribution in [-0.2, 0) is 11.2 Å². The standard InChI is InChI=1S/C23H32FN5OS/c1-15-20(16(2)26-23(25-15)31-4)11-12-22(30)29(3)13-5-6-19-14-21(28-27-19)17-7-9-18(24)10-8-17/h7-10,19,21,27-28H,5-6,11-14H2,1-4H3. The summed E-state index contributed by atoms with van der Waals surface area (Å²) in [4.78, 5) is 23.4. The van der Waals surface area contributed by atoms with Crippen LogP contribution in [0.3, 0.4) is 0 Å². The second-order valence-corrected chi connectivity index (χ2v) is 8.92. The lowest BCUT2D eigenvalue weighted by Crippen LogP contribution is -2.32. The molecule has 0 aliphatic carbocycles. The number of nitrogens with one attached hydrogen (secondary N) is 2. The van der Waals surface area contributed by atoms with Gasteiger partial charge in [-0.25, -0.2) is 14.4 Å². The van der Waals surface area contributed by atoms with Gasteiger partial charge >= 0.3 is 0 Å². The van der Waals surface area contributed by atoms with Gasteiger partial charge in [0.25, 0.3) is 0 Å². The van der Waals surface area contributed by atoms with Crippen LogP contribution < -0.4 is 10.9 Å². The summed E-state index contributed by atoms with van der Waals surface area (Å²) in [5.41, 5.74) is 10.7. The minimum Gasteiger partial charge on any atom is -0.346 e. The molecule has 1 aliphatic heterocycles. The number of nitrogens with zero attached hydrogens (tertiary/aromatic N) is 3. The molecule has 2 unspecified atom stereocenters. The van der Waals surface area contributed by atoms with Gasteiger partial charge in [0.2, 0.25) is 5.91 Å². The Labute approximate surface area is 188 Å². The second-order valence-electron chi connectivity index (χ2n) is 8.14. The molecule has 1 aromatic heterocycles. The van der Waals surface area contributed by atoms with E-state index in [0.717, 1.165) is 53.5 Å². The van der Waals surface area contributed by atoms with E-state index in [4.69, 9.17) is 0 Å². The molecule has 2 aromatic rings. The van der Waals surface area contributed by atoms with Crippen LogP contribution in [0.25, 0.3) is 0 Å². The lowest BCUT2D eigenvalue weighted by atomic mass is 9.99. The molecule has 8 heteroatoms. The van der Waals surface area contributed by atoms with Gasteiger partial charge in [-0.15, -0.1) is 0 Å². The number of hydrazine groups is 1. The zero-order valence-electron chi connectivity index (χ0n) is 18.7. The molecule has 1 aromatic carbocycles. The normalized spacial score (nSPS) is 18.4. The molecule has 1 amide bonds. The lowest BCUT2D eigenvalue weighted by Gasteiger charge is -2.19. The number of aromatic nitrogens is 2. The zero-order valence-corrected chi connectivity index (χ0v) is 19.6. The molecule has 0 saturated carbocycles. The second kappa shape index (κ2) is 11.0. The maximum absolute atomic E-state index is 13.1. The number of carbonyl (C=O) groups excluding carboxylic acids is 1. The average molecular weight is 446 g/mol. The summed E-state index contributed by atoms with van der Waals surface area (Å²) in [6, 6.07) is 7.18. The number of aryl methyl sites for hydroxylation is 2. The number of hydrogen-bond donors (Lipinski definition) is 2. The Balaban J connectivity index is 1.39. The van der Waals surface area contributed by atoms with Gasteiger partial charge in [0.05, 0.1) is 0 Å². The first kappa shape index (κ1) is 23.6. The van der Waals surface area contributed by atoms with Crippen LogP contribution in [0, 0.1) is 19.7 Å². The van der Waals surface area contributed by atoms with Gasteiger partial charge in [0, 0.05) is 43.5 Å². The van der Waals surface area contributed by atoms with Crippen LogP contribution in [-0.4, -0.2) is 46.7 Å². The summed E-state index contributed by atoms with van der Waals surface area (Å²) >= 11 is 1.53. The number of rotatable bonds is 9. The van der Waals surface area contributed by atoms with Gasteiger partial charge in [0.15, 0.2) is 5.16 Å². The topological polar surface area (TPSA) is 70.2 Å². The first-order chi connectivity index (χ1) is 14.9. The number of benzene rings is 1. The summed E-state index contributed by atoms with van der Waals surface area (Å²) in [6.45, 7) is 4.71. The van der Waals surface area contributed by atoms with E-state index < -0.39 is 0 Å². The smallest absolute Gasteiger partial charge is 0.222 e. The summed E-state index contributed by atoms with van der Waals surface area (Å²) in [5, 5.41) is 0.777. The van der Waals surface area contributed by atoms with Gasteiger partial charge in [-0.05, 0) is 69.0 Å². The molecule has 1 aliphatic rings. The van der Waals surface area contributed by atoms with Crippen molar-refractivity contribution in [3.63, 3.8) is 0 Å². The first-order valence-corrected chi connectivity index (χ1v) is 12.0. The van der Waals surface area contributed by atoms with Crippen LogP contribution in [0.15, 0.2) is 29.4 Å². The van der Waals surface area contributed by atoms with E-state index in [1.165, 1.54) is 23.9 Å². The fourth-order valence-electron chi connectivity index (χ4n) is 4.01. The van der Waals surface area contributed by atoms with E-state index in [-0.39, 0.29) is 17.8 Å². The average Bonchev–Trinajstić information content (AvgIpc) is 3.22. The molecule has 0 bridgehead atoms. The third-order valence-corrected chi connectivity index (χ3v) is 6.45. The first-order valence-electron chi connectivity index (χ1n) is 10.8. The zero-order chi connectivity index (χ0) is 22.4. The fourth-order valence-corrected chi connectivity index (χ4v) is 4.47. The van der Waals surface area contributed by atoms with Crippen molar-refractivity contribution < 1.29 is 9.18 Å². The van der Waals surface area contributed by atoms with E-state index in [2.05, 4.69) is 20.8 Å². The van der Waals surface area contributed by atoms with Crippen LogP contribution in [0.4, 0.5) is 4.39 Å². The Kier molecular flexibility index (Phi) is 8.40. The van der Waals surface area contributed by atoms with Crippen molar-refractivity contribution in [2.24, 2.45) is 0 Å². The highest BCUT2D eigenvalue weighted by Gasteiger charge is 2.24. The predicted octanol–water partition coefficient (Wildman–Crippen LogP) is 3.73. The minimum absolute atomic E-state index is 0.148. The maximum Gasteiger partial charge on any atom is 0.222 e. The van der Waals surface area contributed by atoms with Crippen molar-refractivity contribution in [2.75, 3.05) is 19.8 Å². The Morgan fingerprint density at radius 2 is 1.87 bits per heavy atom. The molecule has 1 saturated heterocycles. The van der Waals surface area contributed by atoms with Crippen LogP contribution in [0.2, 0.25) is 0 Å². The Hall–Kier alpha value is -2.03. The van der Waals surface area contributed by atoms with Gasteiger partial charge in [-0.3, -0.25) is 15.6 Å². The number of thioether (sulfide) groups is 1. The van der Waals surface area contributed by atoms with E-state index in [9.17, 15) is 9.18 Å². The van der Waals surface area contributed by atoms with E-state index in [1.54, 1.807) is 0 Å². The van der Waals surface area contributed by atoms with Gasteiger partial charge in [-0.2, -0.15) is 0 Å². The summed E-state index contributed by atoms with van der Waals surface area (Å²) < 4.78 is 13.1. The SMILES string of the molecule is CSc1nc(C)c(CCC(=O)N(C)CCCC2CC(c3ccc(F)cc3)NN2)c(C)n1. The molecule has 6 nitrogen and oxygen atoms in total. The van der Waals surface area contributed by atoms with Crippen molar-refractivity contribution >= 4 is 17.7 Å². The van der Waals surface area contributed by atoms with Crippen LogP contribution in [0.1, 0.15) is 54.2 Å². The molecule has 2 heterocycles. The van der Waals surface area contributed by atoms with Crippen molar-refractivity contribution in [3.8, 4) is 0 Å². The van der Waals surface area contributed by atoms with Gasteiger partial charge in [0.1, 0.15) is 5.82 Å². The summed E-state index contributed by atoms with van der Waals surface area (Å²) in [5.74, 6) is -0.0665. The predicted molar refractivity (Wildman–Crippen MR) is 122 cm³/mol. The third kappa shape index (κ3) is 6.48. The maximum atomic E-state index is 13.1. The van der Waals surface area contributed by atoms with E-state index in [1.807, 2.05) is 44.2 Å². The summed E-state index contributed by atoms with van der Waals surface area (Å²) in [7, 11) is 1.87. The molecule has 2 N–H and O–H groups in total. The van der Waals surface area contributed by atoms with Crippen molar-refractivity contribution in [1.82, 2.24) is 25.7 Å². The van der Waals surface area contributed by atoms with E-state index >= 15 is 0 Å². The highest BCUT2D eigenvalue weighted by Crippen LogP contribution is 2.24. The number of carbonyl (C=O) groups is 1. The molecule has 2 atom stereocenters. The molecule has 168 valence electrons. The molecular formula is C23H32FN5OS. The van der Waals surface area contributed by atoms with Crippen LogP contribution >= 0.6 is 11.8 Å². The Morgan fingerprint density at radius 3 is 2.52 bits per heavy atom. The molecule has 31 heavy (non-hydrogen) atoms. The third-order valence-electron chi connectivity index (χ3n) is 5.90. The molecule has 1 fully saturated rings. The molecule has 0 radical (unpaired) electrons. The monoisotopic (exact) mass is 445 g/mol. The van der Waals surface area contributed by atoms with Crippen LogP contribution in [0.5, 0.6) is 0 Å². The molecule has 0 spiro atoms. The number of amides is 1. The van der Waals surface area contributed by atoms with Gasteiger partial charge < -0.3 is 4.90 Å². The Morgan fingerprint density at radius 1 is 1.19 bits per heavy atom. The fraction of sp³-hybridized carbons (Fsp3) is 0.522. The highest BCUT2D eigenvalue weighted by molar-refractivity contribution is 7.98. The highest BCUT2D eigenvalue weighted by atomic mass is 32.2. The minimum atomic E-state index is -0.214. The summed E-state index contributed by atoms with van der Waals surface area (Å²) in [6.07, 6.45) is 5.96. The lowest BCUT2D eigenvalue weighted by molar-refractivity contribution is -0.129. The number of hydrogen-bond acceptors (Lipinski definition) is 6. The quantitative estimate of drug-likeness (QED) is 0.453. The Bertz CT molecular complexity index is 869. The van der Waals surface area contributed by atoms with Gasteiger partial charge in [-0.1, -0.05) is 23.9 Å². The van der Waals surface area contributed by atoms with Crippen molar-refractivity contribution in [3.05, 3.63) is 52.6 Å². The van der Waals surface area contributed by atoms with E-state index in [0.29, 0.717) is 18.9 Å². The molecular weight excluding hydrogens is 413 g/mol. The molecule has 3 rings (SSSR count). The van der Waals surface area contributed by atoms with Crippen molar-refractivity contribution in [2.45, 2.75) is 63.2 Å². The largest absolute Gasteiger partial charge is 0.346 e. The van der Waals surface area contributed by atoms with Crippen molar-refractivity contribution in [1.29, 1.82) is 0 Å².